The van der Waals surface area contributed by atoms with Crippen molar-refractivity contribution in [1.82, 2.24) is 10.2 Å². The summed E-state index contributed by atoms with van der Waals surface area (Å²) < 4.78 is 0.695. The largest absolute Gasteiger partial charge is 0.386 e. The number of aromatic nitrogens is 2. The molecule has 2 N–H and O–H groups in total. The fourth-order valence-electron chi connectivity index (χ4n) is 0.704. The molecule has 0 aliphatic heterocycles. The molecule has 0 spiro atoms. The number of aliphatic hydroxyl groups excluding tert-OH is 1. The van der Waals surface area contributed by atoms with E-state index < -0.39 is 6.10 Å². The van der Waals surface area contributed by atoms with Crippen molar-refractivity contribution < 1.29 is 5.11 Å². The average Bonchev–Trinajstić information content (AvgIpc) is 2.36. The lowest BCUT2D eigenvalue weighted by molar-refractivity contribution is 0.177. The van der Waals surface area contributed by atoms with Crippen LogP contribution < -0.4 is 0 Å². The third kappa shape index (κ3) is 1.79. The molecule has 0 saturated heterocycles. The minimum absolute atomic E-state index is 0.0702. The molecule has 1 rings (SSSR count). The summed E-state index contributed by atoms with van der Waals surface area (Å²) in [6, 6.07) is 1.86. The lowest BCUT2D eigenvalue weighted by Crippen LogP contribution is -1.96. The molecule has 0 bridgehead atoms. The van der Waals surface area contributed by atoms with E-state index in [2.05, 4.69) is 26.1 Å². The summed E-state index contributed by atoms with van der Waals surface area (Å²) in [5.41, 5.74) is 0.548. The lowest BCUT2D eigenvalue weighted by atomic mass is 10.2. The summed E-state index contributed by atoms with van der Waals surface area (Å²) in [5.74, 6) is 0. The molecule has 1 unspecified atom stereocenters. The highest BCUT2D eigenvalue weighted by Crippen LogP contribution is 2.21. The predicted octanol–water partition coefficient (Wildman–Crippen LogP) is 1.12. The molecule has 4 nitrogen and oxygen atoms in total. The number of aromatic amines is 1. The number of rotatable bonds is 2. The Balaban J connectivity index is 2.77. The fraction of sp³-hybridized carbons (Fsp3) is 0.333. The Labute approximate surface area is 72.0 Å². The topological polar surface area (TPSA) is 72.7 Å². The summed E-state index contributed by atoms with van der Waals surface area (Å²) >= 11 is 3.17. The maximum absolute atomic E-state index is 9.27. The molecule has 1 atom stereocenters. The Kier molecular flexibility index (Phi) is 2.63. The molecular weight excluding hydrogens is 210 g/mol. The van der Waals surface area contributed by atoms with E-state index in [-0.39, 0.29) is 6.42 Å². The van der Waals surface area contributed by atoms with Crippen LogP contribution in [0.5, 0.6) is 0 Å². The van der Waals surface area contributed by atoms with Gasteiger partial charge in [0.05, 0.1) is 28.9 Å². The number of halogens is 1. The summed E-state index contributed by atoms with van der Waals surface area (Å²) in [7, 11) is 0. The van der Waals surface area contributed by atoms with E-state index in [4.69, 9.17) is 5.26 Å². The molecule has 0 radical (unpaired) electrons. The Hall–Kier alpha value is -0.860. The second kappa shape index (κ2) is 3.51. The third-order valence-corrected chi connectivity index (χ3v) is 1.87. The fourth-order valence-corrected chi connectivity index (χ4v) is 1.16. The van der Waals surface area contributed by atoms with Crippen LogP contribution in [0.25, 0.3) is 0 Å². The van der Waals surface area contributed by atoms with Crippen molar-refractivity contribution in [1.29, 1.82) is 5.26 Å². The van der Waals surface area contributed by atoms with Gasteiger partial charge in [-0.3, -0.25) is 5.10 Å². The van der Waals surface area contributed by atoms with Crippen LogP contribution in [0.4, 0.5) is 0 Å². The van der Waals surface area contributed by atoms with Gasteiger partial charge in [-0.25, -0.2) is 0 Å². The number of hydrogen-bond donors (Lipinski definition) is 2. The van der Waals surface area contributed by atoms with Crippen molar-refractivity contribution in [3.63, 3.8) is 0 Å². The average molecular weight is 216 g/mol. The van der Waals surface area contributed by atoms with E-state index in [1.165, 1.54) is 6.20 Å². The SMILES string of the molecule is N#CCC(O)c1[nH]ncc1Br. The van der Waals surface area contributed by atoms with Crippen LogP contribution >= 0.6 is 15.9 Å². The van der Waals surface area contributed by atoms with E-state index in [0.29, 0.717) is 10.2 Å². The number of hydrogen-bond acceptors (Lipinski definition) is 3. The molecular formula is C6H6BrN3O. The highest BCUT2D eigenvalue weighted by Gasteiger charge is 2.11. The Morgan fingerprint density at radius 1 is 1.91 bits per heavy atom. The van der Waals surface area contributed by atoms with Crippen molar-refractivity contribution in [2.75, 3.05) is 0 Å². The van der Waals surface area contributed by atoms with E-state index in [1.54, 1.807) is 0 Å². The lowest BCUT2D eigenvalue weighted by Gasteiger charge is -2.02. The molecule has 0 aliphatic carbocycles. The number of nitriles is 1. The van der Waals surface area contributed by atoms with Gasteiger partial charge in [-0.1, -0.05) is 0 Å². The molecule has 1 aromatic rings. The van der Waals surface area contributed by atoms with Gasteiger partial charge in [0.15, 0.2) is 0 Å². The Morgan fingerprint density at radius 2 is 2.64 bits per heavy atom. The molecule has 0 fully saturated rings. The van der Waals surface area contributed by atoms with E-state index in [0.717, 1.165) is 0 Å². The third-order valence-electron chi connectivity index (χ3n) is 1.24. The maximum Gasteiger partial charge on any atom is 0.109 e. The molecule has 11 heavy (non-hydrogen) atoms. The normalized spacial score (nSPS) is 12.5. The van der Waals surface area contributed by atoms with Crippen LogP contribution in [0.2, 0.25) is 0 Å². The first-order valence-corrected chi connectivity index (χ1v) is 3.78. The quantitative estimate of drug-likeness (QED) is 0.777. The highest BCUT2D eigenvalue weighted by atomic mass is 79.9. The summed E-state index contributed by atoms with van der Waals surface area (Å²) in [6.07, 6.45) is 0.827. The molecule has 0 amide bonds. The maximum atomic E-state index is 9.27. The molecule has 0 aromatic carbocycles. The van der Waals surface area contributed by atoms with E-state index in [1.807, 2.05) is 6.07 Å². The van der Waals surface area contributed by atoms with E-state index >= 15 is 0 Å². The molecule has 1 aromatic heterocycles. The number of H-pyrrole nitrogens is 1. The van der Waals surface area contributed by atoms with Gasteiger partial charge in [-0.2, -0.15) is 10.4 Å². The van der Waals surface area contributed by atoms with Crippen molar-refractivity contribution >= 4 is 15.9 Å². The first kappa shape index (κ1) is 8.24. The van der Waals surface area contributed by atoms with Gasteiger partial charge < -0.3 is 5.11 Å². The summed E-state index contributed by atoms with van der Waals surface area (Å²) in [5, 5.41) is 23.8. The predicted molar refractivity (Wildman–Crippen MR) is 41.5 cm³/mol. The van der Waals surface area contributed by atoms with E-state index in [9.17, 15) is 5.11 Å². The smallest absolute Gasteiger partial charge is 0.109 e. The first-order valence-electron chi connectivity index (χ1n) is 2.99. The van der Waals surface area contributed by atoms with Crippen LogP contribution in [0.15, 0.2) is 10.7 Å². The van der Waals surface area contributed by atoms with Crippen LogP contribution in [0.3, 0.4) is 0 Å². The molecule has 58 valence electrons. The zero-order valence-electron chi connectivity index (χ0n) is 5.58. The molecule has 0 aliphatic rings. The highest BCUT2D eigenvalue weighted by molar-refractivity contribution is 9.10. The second-order valence-electron chi connectivity index (χ2n) is 2.01. The van der Waals surface area contributed by atoms with Gasteiger partial charge in [-0.05, 0) is 15.9 Å². The van der Waals surface area contributed by atoms with Gasteiger partial charge in [0.2, 0.25) is 0 Å². The van der Waals surface area contributed by atoms with Crippen LogP contribution in [-0.4, -0.2) is 15.3 Å². The molecule has 1 heterocycles. The minimum Gasteiger partial charge on any atom is -0.386 e. The van der Waals surface area contributed by atoms with Crippen LogP contribution in [0, 0.1) is 11.3 Å². The zero-order valence-corrected chi connectivity index (χ0v) is 7.17. The minimum atomic E-state index is -0.781. The van der Waals surface area contributed by atoms with Gasteiger partial charge in [0.1, 0.15) is 6.10 Å². The van der Waals surface area contributed by atoms with Gasteiger partial charge >= 0.3 is 0 Å². The second-order valence-corrected chi connectivity index (χ2v) is 2.86. The number of nitrogens with zero attached hydrogens (tertiary/aromatic N) is 2. The molecule has 5 heteroatoms. The summed E-state index contributed by atoms with van der Waals surface area (Å²) in [4.78, 5) is 0. The molecule has 0 saturated carbocycles. The van der Waals surface area contributed by atoms with Gasteiger partial charge in [0.25, 0.3) is 0 Å². The van der Waals surface area contributed by atoms with Crippen molar-refractivity contribution in [3.05, 3.63) is 16.4 Å². The number of nitrogens with one attached hydrogen (secondary N) is 1. The van der Waals surface area contributed by atoms with Gasteiger partial charge in [0, 0.05) is 0 Å². The van der Waals surface area contributed by atoms with Crippen LogP contribution in [-0.2, 0) is 0 Å². The summed E-state index contributed by atoms with van der Waals surface area (Å²) in [6.45, 7) is 0. The van der Waals surface area contributed by atoms with Crippen LogP contribution in [0.1, 0.15) is 18.2 Å². The van der Waals surface area contributed by atoms with Crippen molar-refractivity contribution in [3.8, 4) is 6.07 Å². The Morgan fingerprint density at radius 3 is 3.09 bits per heavy atom. The van der Waals surface area contributed by atoms with Crippen molar-refractivity contribution in [2.45, 2.75) is 12.5 Å². The first-order chi connectivity index (χ1) is 5.25. The number of aliphatic hydroxyl groups is 1. The Bertz CT molecular complexity index is 278. The zero-order chi connectivity index (χ0) is 8.27. The standard InChI is InChI=1S/C6H6BrN3O/c7-4-3-9-10-6(4)5(11)1-2-8/h3,5,11H,1H2,(H,9,10). The van der Waals surface area contributed by atoms with Crippen molar-refractivity contribution in [2.24, 2.45) is 0 Å². The monoisotopic (exact) mass is 215 g/mol. The van der Waals surface area contributed by atoms with Gasteiger partial charge in [-0.15, -0.1) is 0 Å².